The zero-order valence-corrected chi connectivity index (χ0v) is 33.1. The smallest absolute Gasteiger partial charge is 0.164 e. The van der Waals surface area contributed by atoms with Crippen LogP contribution in [0, 0.1) is 0 Å². The molecule has 2 aromatic heterocycles. The van der Waals surface area contributed by atoms with Crippen molar-refractivity contribution in [1.29, 1.82) is 0 Å². The monoisotopic (exact) mass is 767 g/mol. The van der Waals surface area contributed by atoms with E-state index in [-0.39, 0.29) is 5.41 Å². The Bertz CT molecular complexity index is 3530. The lowest BCUT2D eigenvalue weighted by atomic mass is 9.81. The minimum Gasteiger partial charge on any atom is -0.456 e. The first-order valence-corrected chi connectivity index (χ1v) is 20.5. The van der Waals surface area contributed by atoms with E-state index in [9.17, 15) is 0 Å². The average molecular weight is 768 g/mol. The lowest BCUT2D eigenvalue weighted by Gasteiger charge is -2.22. The molecule has 0 spiro atoms. The maximum absolute atomic E-state index is 6.57. The van der Waals surface area contributed by atoms with E-state index in [1.54, 1.807) is 0 Å². The Labute approximate surface area is 347 Å². The van der Waals surface area contributed by atoms with Crippen LogP contribution >= 0.6 is 0 Å². The summed E-state index contributed by atoms with van der Waals surface area (Å²) in [5, 5.41) is 6.74. The van der Waals surface area contributed by atoms with Gasteiger partial charge >= 0.3 is 0 Å². The van der Waals surface area contributed by atoms with Crippen molar-refractivity contribution in [2.24, 2.45) is 0 Å². The van der Waals surface area contributed by atoms with Crippen molar-refractivity contribution in [2.45, 2.75) is 19.3 Å². The van der Waals surface area contributed by atoms with E-state index in [4.69, 9.17) is 19.4 Å². The van der Waals surface area contributed by atoms with Crippen LogP contribution in [0.2, 0.25) is 0 Å². The van der Waals surface area contributed by atoms with E-state index < -0.39 is 0 Å². The largest absolute Gasteiger partial charge is 0.456 e. The quantitative estimate of drug-likeness (QED) is 0.164. The van der Waals surface area contributed by atoms with Gasteiger partial charge in [0.25, 0.3) is 0 Å². The van der Waals surface area contributed by atoms with Crippen molar-refractivity contribution in [3.8, 4) is 67.5 Å². The Morgan fingerprint density at radius 2 is 0.967 bits per heavy atom. The summed E-state index contributed by atoms with van der Waals surface area (Å²) in [5.41, 5.74) is 14.2. The zero-order chi connectivity index (χ0) is 40.0. The number of benzene rings is 9. The number of hydrogen-bond acceptors (Lipinski definition) is 4. The Hall–Kier alpha value is -7.69. The summed E-state index contributed by atoms with van der Waals surface area (Å²) in [6.45, 7) is 4.65. The van der Waals surface area contributed by atoms with Gasteiger partial charge in [0.1, 0.15) is 11.2 Å². The van der Waals surface area contributed by atoms with Crippen LogP contribution < -0.4 is 0 Å². The Morgan fingerprint density at radius 1 is 0.350 bits per heavy atom. The van der Waals surface area contributed by atoms with Gasteiger partial charge in [0.05, 0.1) is 0 Å². The average Bonchev–Trinajstić information content (AvgIpc) is 3.80. The van der Waals surface area contributed by atoms with Crippen LogP contribution in [0.1, 0.15) is 25.0 Å². The summed E-state index contributed by atoms with van der Waals surface area (Å²) in [7, 11) is 0. The molecule has 12 rings (SSSR count). The fraction of sp³-hybridized carbons (Fsp3) is 0.0536. The van der Waals surface area contributed by atoms with Crippen LogP contribution in [0.25, 0.3) is 111 Å². The van der Waals surface area contributed by atoms with Gasteiger partial charge in [-0.2, -0.15) is 0 Å². The zero-order valence-electron chi connectivity index (χ0n) is 33.1. The molecule has 0 atom stereocenters. The van der Waals surface area contributed by atoms with Gasteiger partial charge < -0.3 is 4.42 Å². The Morgan fingerprint density at radius 3 is 1.83 bits per heavy atom. The second-order valence-electron chi connectivity index (χ2n) is 16.4. The topological polar surface area (TPSA) is 51.8 Å². The van der Waals surface area contributed by atoms with Crippen molar-refractivity contribution >= 4 is 43.5 Å². The van der Waals surface area contributed by atoms with Gasteiger partial charge in [0.15, 0.2) is 17.5 Å². The van der Waals surface area contributed by atoms with Crippen LogP contribution in [0.15, 0.2) is 192 Å². The van der Waals surface area contributed by atoms with Crippen LogP contribution in [0.3, 0.4) is 0 Å². The van der Waals surface area contributed by atoms with Gasteiger partial charge in [-0.25, -0.2) is 15.0 Å². The lowest BCUT2D eigenvalue weighted by molar-refractivity contribution is 0.660. The molecule has 4 heteroatoms. The molecule has 0 aliphatic heterocycles. The summed E-state index contributed by atoms with van der Waals surface area (Å²) in [5.74, 6) is 1.81. The predicted molar refractivity (Wildman–Crippen MR) is 247 cm³/mol. The van der Waals surface area contributed by atoms with Gasteiger partial charge in [-0.15, -0.1) is 0 Å². The Balaban J connectivity index is 1.04. The first-order chi connectivity index (χ1) is 29.5. The van der Waals surface area contributed by atoms with Crippen molar-refractivity contribution in [2.75, 3.05) is 0 Å². The van der Waals surface area contributed by atoms with E-state index in [1.807, 2.05) is 12.1 Å². The molecular weight excluding hydrogens is 731 g/mol. The minimum absolute atomic E-state index is 0.0930. The molecule has 282 valence electrons. The molecule has 0 bridgehead atoms. The second kappa shape index (κ2) is 13.2. The van der Waals surface area contributed by atoms with Crippen molar-refractivity contribution in [3.05, 3.63) is 199 Å². The van der Waals surface area contributed by atoms with Gasteiger partial charge in [0.2, 0.25) is 0 Å². The highest BCUT2D eigenvalue weighted by atomic mass is 16.3. The molecule has 1 aliphatic carbocycles. The van der Waals surface area contributed by atoms with E-state index in [2.05, 4.69) is 190 Å². The second-order valence-corrected chi connectivity index (χ2v) is 16.4. The molecule has 0 saturated heterocycles. The van der Waals surface area contributed by atoms with E-state index in [0.717, 1.165) is 77.0 Å². The molecule has 11 aromatic rings. The molecule has 9 aromatic carbocycles. The number of rotatable bonds is 5. The number of fused-ring (bicyclic) bond motifs is 9. The number of nitrogens with zero attached hydrogens (tertiary/aromatic N) is 3. The highest BCUT2D eigenvalue weighted by Crippen LogP contribution is 2.49. The maximum Gasteiger partial charge on any atom is 0.164 e. The normalized spacial score (nSPS) is 13.0. The summed E-state index contributed by atoms with van der Waals surface area (Å²) in [4.78, 5) is 15.8. The first-order valence-electron chi connectivity index (χ1n) is 20.5. The van der Waals surface area contributed by atoms with Gasteiger partial charge in [-0.1, -0.05) is 166 Å². The molecular formula is C56H37N3O. The summed E-state index contributed by atoms with van der Waals surface area (Å²) < 4.78 is 6.57. The van der Waals surface area contributed by atoms with Crippen molar-refractivity contribution in [3.63, 3.8) is 0 Å². The molecule has 0 amide bonds. The molecule has 0 saturated carbocycles. The maximum atomic E-state index is 6.57. The number of hydrogen-bond donors (Lipinski definition) is 0. The number of aromatic nitrogens is 3. The third kappa shape index (κ3) is 5.34. The van der Waals surface area contributed by atoms with Gasteiger partial charge in [0, 0.05) is 32.9 Å². The molecule has 1 aliphatic rings. The molecule has 0 N–H and O–H groups in total. The summed E-state index contributed by atoms with van der Waals surface area (Å²) >= 11 is 0. The fourth-order valence-corrected chi connectivity index (χ4v) is 9.54. The summed E-state index contributed by atoms with van der Waals surface area (Å²) in [6.07, 6.45) is 0. The fourth-order valence-electron chi connectivity index (χ4n) is 9.54. The SMILES string of the molecule is CC1(C)c2ccccc2-c2ccc(-c3cccc(-c4nc(-c5ccc6c(c5)oc5cccc(-c7ccccc7)c56)nc(-c5cc6ccccc6c6ccccc56)n4)c3)cc21. The third-order valence-electron chi connectivity index (χ3n) is 12.5. The predicted octanol–water partition coefficient (Wildman–Crippen LogP) is 14.7. The van der Waals surface area contributed by atoms with Gasteiger partial charge in [-0.3, -0.25) is 0 Å². The molecule has 0 unspecified atom stereocenters. The van der Waals surface area contributed by atoms with Crippen LogP contribution in [-0.2, 0) is 5.41 Å². The van der Waals surface area contributed by atoms with Gasteiger partial charge in [-0.05, 0) is 102 Å². The van der Waals surface area contributed by atoms with Crippen molar-refractivity contribution in [1.82, 2.24) is 15.0 Å². The highest BCUT2D eigenvalue weighted by molar-refractivity contribution is 6.14. The molecule has 4 nitrogen and oxygen atoms in total. The highest BCUT2D eigenvalue weighted by Gasteiger charge is 2.35. The first kappa shape index (κ1) is 34.4. The Kier molecular flexibility index (Phi) is 7.54. The lowest BCUT2D eigenvalue weighted by Crippen LogP contribution is -2.14. The molecule has 60 heavy (non-hydrogen) atoms. The van der Waals surface area contributed by atoms with E-state index >= 15 is 0 Å². The van der Waals surface area contributed by atoms with Crippen LogP contribution in [0.4, 0.5) is 0 Å². The minimum atomic E-state index is -0.0930. The molecule has 0 radical (unpaired) electrons. The molecule has 2 heterocycles. The number of furan rings is 1. The van der Waals surface area contributed by atoms with Crippen LogP contribution in [0.5, 0.6) is 0 Å². The standard InChI is InChI=1S/C56H37N3O/c1-56(2)48-24-11-10-22-44(48)45-28-26-36(32-49(45)56)35-17-12-18-38(30-35)53-57-54(59-55(58-53)47-31-37-16-6-7-19-40(37)42-20-8-9-21-43(42)47)39-27-29-46-51(33-39)60-50-25-13-23-41(52(46)50)34-14-4-3-5-15-34/h3-33H,1-2H3. The van der Waals surface area contributed by atoms with E-state index in [0.29, 0.717) is 17.5 Å². The summed E-state index contributed by atoms with van der Waals surface area (Å²) in [6, 6.07) is 66.6. The van der Waals surface area contributed by atoms with E-state index in [1.165, 1.54) is 27.6 Å². The molecule has 0 fully saturated rings. The third-order valence-corrected chi connectivity index (χ3v) is 12.5. The van der Waals surface area contributed by atoms with Crippen molar-refractivity contribution < 1.29 is 4.42 Å². The van der Waals surface area contributed by atoms with Crippen LogP contribution in [-0.4, -0.2) is 15.0 Å².